The molecule has 0 saturated heterocycles. The molecule has 3 aromatic rings. The van der Waals surface area contributed by atoms with Crippen molar-refractivity contribution in [2.75, 3.05) is 31.5 Å². The second-order valence-electron chi connectivity index (χ2n) is 8.86. The van der Waals surface area contributed by atoms with Crippen LogP contribution in [-0.2, 0) is 35.6 Å². The van der Waals surface area contributed by atoms with Gasteiger partial charge in [0, 0.05) is 25.2 Å². The van der Waals surface area contributed by atoms with Crippen LogP contribution in [0.1, 0.15) is 27.0 Å². The standard InChI is InChI=1S/C27H30Cl2N4O4S/c1-32(2)18-25(34)30-16-19-6-8-20(9-7-19)17-31-27(35)22-10-12-23(13-11-22)33(38(36)37)15-14-21-4-3-5-24(28)26(21)29/h3-13H,14-18H2,1-2H3,(H,30,34)(H,31,35)(H,36,37). The van der Waals surface area contributed by atoms with Crippen LogP contribution in [0.3, 0.4) is 0 Å². The zero-order valence-corrected chi connectivity index (χ0v) is 23.4. The number of hydrogen-bond donors (Lipinski definition) is 3. The van der Waals surface area contributed by atoms with Crippen molar-refractivity contribution in [1.82, 2.24) is 15.5 Å². The Balaban J connectivity index is 1.53. The first-order valence-electron chi connectivity index (χ1n) is 11.8. The highest BCUT2D eigenvalue weighted by Gasteiger charge is 2.15. The van der Waals surface area contributed by atoms with Crippen LogP contribution >= 0.6 is 23.2 Å². The number of amides is 2. The highest BCUT2D eigenvalue weighted by molar-refractivity contribution is 7.80. The van der Waals surface area contributed by atoms with E-state index in [1.54, 1.807) is 41.3 Å². The Labute approximate surface area is 235 Å². The van der Waals surface area contributed by atoms with Gasteiger partial charge in [-0.25, -0.2) is 4.21 Å². The van der Waals surface area contributed by atoms with E-state index in [1.165, 1.54) is 4.31 Å². The predicted molar refractivity (Wildman–Crippen MR) is 153 cm³/mol. The van der Waals surface area contributed by atoms with Crippen molar-refractivity contribution in [3.8, 4) is 0 Å². The smallest absolute Gasteiger partial charge is 0.261 e. The molecule has 0 aliphatic carbocycles. The van der Waals surface area contributed by atoms with E-state index in [0.717, 1.165) is 16.7 Å². The molecule has 0 radical (unpaired) electrons. The van der Waals surface area contributed by atoms with E-state index in [-0.39, 0.29) is 18.4 Å². The Hall–Kier alpha value is -2.95. The molecule has 11 heteroatoms. The molecule has 2 amide bonds. The Morgan fingerprint density at radius 2 is 1.50 bits per heavy atom. The van der Waals surface area contributed by atoms with Gasteiger partial charge in [0.2, 0.25) is 5.91 Å². The van der Waals surface area contributed by atoms with Gasteiger partial charge >= 0.3 is 0 Å². The van der Waals surface area contributed by atoms with Crippen molar-refractivity contribution in [1.29, 1.82) is 0 Å². The van der Waals surface area contributed by atoms with Crippen molar-refractivity contribution < 1.29 is 18.4 Å². The SMILES string of the molecule is CN(C)CC(=O)NCc1ccc(CNC(=O)c2ccc(N(CCc3cccc(Cl)c3Cl)S(=O)O)cc2)cc1. The van der Waals surface area contributed by atoms with Crippen LogP contribution in [0, 0.1) is 0 Å². The minimum Gasteiger partial charge on any atom is -0.351 e. The quantitative estimate of drug-likeness (QED) is 0.279. The van der Waals surface area contributed by atoms with Crippen molar-refractivity contribution in [2.24, 2.45) is 0 Å². The fraction of sp³-hybridized carbons (Fsp3) is 0.259. The third kappa shape index (κ3) is 8.82. The van der Waals surface area contributed by atoms with E-state index in [1.807, 2.05) is 44.4 Å². The largest absolute Gasteiger partial charge is 0.351 e. The van der Waals surface area contributed by atoms with Gasteiger partial charge in [0.05, 0.1) is 22.3 Å². The average Bonchev–Trinajstić information content (AvgIpc) is 2.89. The summed E-state index contributed by atoms with van der Waals surface area (Å²) in [5.74, 6) is -0.310. The molecule has 1 atom stereocenters. The normalized spacial score (nSPS) is 11.7. The maximum Gasteiger partial charge on any atom is 0.261 e. The van der Waals surface area contributed by atoms with Gasteiger partial charge in [0.15, 0.2) is 0 Å². The number of carbonyl (C=O) groups excluding carboxylic acids is 2. The summed E-state index contributed by atoms with van der Waals surface area (Å²) in [5.41, 5.74) is 3.57. The molecule has 8 nitrogen and oxygen atoms in total. The van der Waals surface area contributed by atoms with Crippen LogP contribution in [0.2, 0.25) is 10.0 Å². The zero-order valence-electron chi connectivity index (χ0n) is 21.1. The number of hydrogen-bond acceptors (Lipinski definition) is 4. The Bertz CT molecular complexity index is 1270. The summed E-state index contributed by atoms with van der Waals surface area (Å²) in [6, 6.07) is 19.4. The summed E-state index contributed by atoms with van der Waals surface area (Å²) in [6.45, 7) is 1.33. The number of benzene rings is 3. The summed E-state index contributed by atoms with van der Waals surface area (Å²) < 4.78 is 23.1. The van der Waals surface area contributed by atoms with Gasteiger partial charge in [-0.05, 0) is 67.5 Å². The number of carbonyl (C=O) groups is 2. The fourth-order valence-electron chi connectivity index (χ4n) is 3.64. The third-order valence-electron chi connectivity index (χ3n) is 5.65. The first-order valence-corrected chi connectivity index (χ1v) is 13.6. The van der Waals surface area contributed by atoms with E-state index in [2.05, 4.69) is 10.6 Å². The lowest BCUT2D eigenvalue weighted by atomic mass is 10.1. The predicted octanol–water partition coefficient (Wildman–Crippen LogP) is 4.29. The van der Waals surface area contributed by atoms with Crippen LogP contribution in [0.25, 0.3) is 0 Å². The monoisotopic (exact) mass is 576 g/mol. The minimum atomic E-state index is -2.26. The molecule has 0 bridgehead atoms. The van der Waals surface area contributed by atoms with E-state index in [0.29, 0.717) is 47.4 Å². The maximum atomic E-state index is 12.6. The molecular weight excluding hydrogens is 547 g/mol. The molecule has 0 aliphatic rings. The molecule has 3 rings (SSSR count). The van der Waals surface area contributed by atoms with Gasteiger partial charge in [0.1, 0.15) is 0 Å². The van der Waals surface area contributed by atoms with Crippen molar-refractivity contribution >= 4 is 52.0 Å². The average molecular weight is 578 g/mol. The number of anilines is 1. The lowest BCUT2D eigenvalue weighted by molar-refractivity contribution is -0.121. The maximum absolute atomic E-state index is 12.6. The van der Waals surface area contributed by atoms with E-state index >= 15 is 0 Å². The Morgan fingerprint density at radius 1 is 0.895 bits per heavy atom. The topological polar surface area (TPSA) is 102 Å². The van der Waals surface area contributed by atoms with Crippen LogP contribution in [0.4, 0.5) is 5.69 Å². The first kappa shape index (κ1) is 29.6. The van der Waals surface area contributed by atoms with E-state index in [4.69, 9.17) is 23.2 Å². The molecular formula is C27H30Cl2N4O4S. The molecule has 0 aliphatic heterocycles. The minimum absolute atomic E-state index is 0.0452. The summed E-state index contributed by atoms with van der Waals surface area (Å²) >= 11 is 10.0. The van der Waals surface area contributed by atoms with Crippen molar-refractivity contribution in [2.45, 2.75) is 19.5 Å². The second-order valence-corrected chi connectivity index (χ2v) is 10.5. The molecule has 0 aromatic heterocycles. The van der Waals surface area contributed by atoms with E-state index in [9.17, 15) is 18.4 Å². The highest BCUT2D eigenvalue weighted by atomic mass is 35.5. The summed E-state index contributed by atoms with van der Waals surface area (Å²) in [4.78, 5) is 26.2. The Morgan fingerprint density at radius 3 is 2.08 bits per heavy atom. The Kier molecular flexibility index (Phi) is 11.1. The van der Waals surface area contributed by atoms with Crippen LogP contribution in [0.5, 0.6) is 0 Å². The number of nitrogens with one attached hydrogen (secondary N) is 2. The molecule has 0 heterocycles. The zero-order chi connectivity index (χ0) is 27.7. The lowest BCUT2D eigenvalue weighted by Gasteiger charge is -2.20. The fourth-order valence-corrected chi connectivity index (χ4v) is 4.61. The third-order valence-corrected chi connectivity index (χ3v) is 7.28. The molecule has 38 heavy (non-hydrogen) atoms. The van der Waals surface area contributed by atoms with Gasteiger partial charge in [-0.1, -0.05) is 59.6 Å². The lowest BCUT2D eigenvalue weighted by Crippen LogP contribution is -2.32. The van der Waals surface area contributed by atoms with Gasteiger partial charge in [-0.15, -0.1) is 0 Å². The van der Waals surface area contributed by atoms with Crippen LogP contribution in [-0.4, -0.2) is 52.7 Å². The molecule has 3 aromatic carbocycles. The van der Waals surface area contributed by atoms with Gasteiger partial charge in [-0.3, -0.25) is 18.4 Å². The first-order chi connectivity index (χ1) is 18.1. The molecule has 202 valence electrons. The number of likely N-dealkylation sites (N-methyl/N-ethyl adjacent to an activating group) is 1. The highest BCUT2D eigenvalue weighted by Crippen LogP contribution is 2.26. The van der Waals surface area contributed by atoms with Crippen LogP contribution in [0.15, 0.2) is 66.7 Å². The van der Waals surface area contributed by atoms with E-state index < -0.39 is 11.3 Å². The molecule has 0 spiro atoms. The molecule has 3 N–H and O–H groups in total. The molecule has 0 fully saturated rings. The molecule has 0 saturated carbocycles. The van der Waals surface area contributed by atoms with Crippen molar-refractivity contribution in [3.05, 3.63) is 99.0 Å². The van der Waals surface area contributed by atoms with Gasteiger partial charge < -0.3 is 15.5 Å². The van der Waals surface area contributed by atoms with Crippen LogP contribution < -0.4 is 14.9 Å². The number of halogens is 2. The number of rotatable bonds is 12. The molecule has 1 unspecified atom stereocenters. The summed E-state index contributed by atoms with van der Waals surface area (Å²) in [7, 11) is 3.67. The van der Waals surface area contributed by atoms with Crippen molar-refractivity contribution in [3.63, 3.8) is 0 Å². The van der Waals surface area contributed by atoms with Gasteiger partial charge in [0.25, 0.3) is 17.2 Å². The second kappa shape index (κ2) is 14.3. The van der Waals surface area contributed by atoms with Gasteiger partial charge in [-0.2, -0.15) is 0 Å². The summed E-state index contributed by atoms with van der Waals surface area (Å²) in [5, 5.41) is 6.58. The summed E-state index contributed by atoms with van der Waals surface area (Å²) in [6.07, 6.45) is 0.412. The number of nitrogens with zero attached hydrogens (tertiary/aromatic N) is 2.